The highest BCUT2D eigenvalue weighted by atomic mass is 32.2. The van der Waals surface area contributed by atoms with Gasteiger partial charge in [0.25, 0.3) is 5.91 Å². The van der Waals surface area contributed by atoms with E-state index in [4.69, 9.17) is 14.2 Å². The van der Waals surface area contributed by atoms with Gasteiger partial charge in [0.05, 0.1) is 59.9 Å². The number of carbonyl (C=O) groups is 9. The van der Waals surface area contributed by atoms with Gasteiger partial charge in [0.15, 0.2) is 14.9 Å². The van der Waals surface area contributed by atoms with E-state index in [1.165, 1.54) is 40.0 Å². The molecule has 1 aliphatic heterocycles. The van der Waals surface area contributed by atoms with Gasteiger partial charge in [-0.25, -0.2) is 18.2 Å². The number of nitriles is 1. The van der Waals surface area contributed by atoms with E-state index in [1.54, 1.807) is 101 Å². The largest absolute Gasteiger partial charge is 0.445 e. The number of methoxy groups -OCH3 is 2. The predicted molar refractivity (Wildman–Crippen MR) is 338 cm³/mol. The Morgan fingerprint density at radius 2 is 1.44 bits per heavy atom. The van der Waals surface area contributed by atoms with E-state index in [1.807, 2.05) is 32.0 Å². The molecule has 3 aromatic rings. The summed E-state index contributed by atoms with van der Waals surface area (Å²) in [6, 6.07) is 12.2. The first-order valence-electron chi connectivity index (χ1n) is 30.5. The number of hydrogen-bond donors (Lipinski definition) is 7. The number of carbonyl (C=O) groups excluding carboxylic acids is 9. The second-order valence-electron chi connectivity index (χ2n) is 24.0. The second-order valence-corrected chi connectivity index (χ2v) is 25.9. The van der Waals surface area contributed by atoms with Crippen LogP contribution in [0.5, 0.6) is 0 Å². The summed E-state index contributed by atoms with van der Waals surface area (Å²) in [5.41, 5.74) is 1.13. The van der Waals surface area contributed by atoms with Crippen molar-refractivity contribution in [2.45, 2.75) is 174 Å². The lowest BCUT2D eigenvalue weighted by molar-refractivity contribution is -0.148. The maximum absolute atomic E-state index is 14.7. The van der Waals surface area contributed by atoms with Crippen LogP contribution in [0.1, 0.15) is 134 Å². The lowest BCUT2D eigenvalue weighted by atomic mass is 9.89. The third-order valence-electron chi connectivity index (χ3n) is 16.4. The summed E-state index contributed by atoms with van der Waals surface area (Å²) in [7, 11) is 2.25. The molecule has 26 nitrogen and oxygen atoms in total. The molecule has 1 saturated heterocycles. The Morgan fingerprint density at radius 1 is 0.802 bits per heavy atom. The highest BCUT2D eigenvalue weighted by Crippen LogP contribution is 2.31. The van der Waals surface area contributed by atoms with Gasteiger partial charge in [0.1, 0.15) is 36.8 Å². The first kappa shape index (κ1) is 75.4. The van der Waals surface area contributed by atoms with Crippen LogP contribution in [0.15, 0.2) is 71.9 Å². The minimum Gasteiger partial charge on any atom is -0.445 e. The number of likely N-dealkylation sites (N-methyl/N-ethyl adjacent to an activating group) is 2. The number of nitrogens with one attached hydrogen (secondary N) is 6. The highest BCUT2D eigenvalue weighted by Gasteiger charge is 2.44. The predicted octanol–water partition coefficient (Wildman–Crippen LogP) is 4.02. The fraction of sp³-hybridized carbons (Fsp3) is 0.578. The van der Waals surface area contributed by atoms with Crippen LogP contribution in [0.3, 0.4) is 0 Å². The number of amides is 9. The third-order valence-corrected chi connectivity index (χ3v) is 17.4. The Hall–Kier alpha value is -8.06. The molecule has 0 spiro atoms. The zero-order valence-electron chi connectivity index (χ0n) is 54.9. The average molecular weight is 1290 g/mol. The van der Waals surface area contributed by atoms with Crippen molar-refractivity contribution in [2.75, 3.05) is 53.0 Å². The summed E-state index contributed by atoms with van der Waals surface area (Å²) in [4.78, 5) is 130. The summed E-state index contributed by atoms with van der Waals surface area (Å²) < 4.78 is 41.4. The zero-order valence-corrected chi connectivity index (χ0v) is 55.7. The van der Waals surface area contributed by atoms with Gasteiger partial charge in [-0.15, -0.1) is 0 Å². The van der Waals surface area contributed by atoms with Gasteiger partial charge in [-0.1, -0.05) is 97.4 Å². The van der Waals surface area contributed by atoms with Crippen LogP contribution in [-0.4, -0.2) is 189 Å². The van der Waals surface area contributed by atoms with Crippen molar-refractivity contribution in [3.05, 3.63) is 89.1 Å². The van der Waals surface area contributed by atoms with E-state index in [0.29, 0.717) is 42.6 Å². The Labute approximate surface area is 534 Å². The van der Waals surface area contributed by atoms with Gasteiger partial charge in [-0.05, 0) is 80.7 Å². The van der Waals surface area contributed by atoms with Crippen LogP contribution in [0.2, 0.25) is 0 Å². The number of aromatic nitrogens is 1. The van der Waals surface area contributed by atoms with Crippen molar-refractivity contribution in [2.24, 2.45) is 23.7 Å². The third kappa shape index (κ3) is 21.0. The lowest BCUT2D eigenvalue weighted by Gasteiger charge is -2.41. The van der Waals surface area contributed by atoms with Gasteiger partial charge in [-0.3, -0.25) is 43.3 Å². The number of benzene rings is 2. The second kappa shape index (κ2) is 34.9. The van der Waals surface area contributed by atoms with E-state index in [0.717, 1.165) is 18.5 Å². The molecule has 4 rings (SSSR count). The molecule has 27 heteroatoms. The number of rotatable bonds is 32. The molecule has 500 valence electrons. The number of likely N-dealkylation sites (tertiary alicyclic amines) is 1. The van der Waals surface area contributed by atoms with Gasteiger partial charge < -0.3 is 61.0 Å². The molecule has 0 bridgehead atoms. The first-order chi connectivity index (χ1) is 42.8. The van der Waals surface area contributed by atoms with Gasteiger partial charge in [-0.2, -0.15) is 5.26 Å². The lowest BCUT2D eigenvalue weighted by Crippen LogP contribution is -2.60. The molecule has 91 heavy (non-hydrogen) atoms. The quantitative estimate of drug-likeness (QED) is 0.0464. The molecular weight excluding hydrogens is 1190 g/mol. The van der Waals surface area contributed by atoms with Crippen LogP contribution in [0, 0.1) is 35.0 Å². The van der Waals surface area contributed by atoms with Gasteiger partial charge in [0, 0.05) is 66.0 Å². The summed E-state index contributed by atoms with van der Waals surface area (Å²) >= 11 is 0. The Balaban J connectivity index is 1.30. The maximum atomic E-state index is 14.7. The molecular formula is C64H93N11O15S. The molecule has 1 fully saturated rings. The number of anilines is 1. The monoisotopic (exact) mass is 1290 g/mol. The van der Waals surface area contributed by atoms with Crippen LogP contribution in [-0.2, 0) is 64.2 Å². The fourth-order valence-corrected chi connectivity index (χ4v) is 11.7. The van der Waals surface area contributed by atoms with Crippen LogP contribution in [0.25, 0.3) is 0 Å². The van der Waals surface area contributed by atoms with Crippen molar-refractivity contribution in [1.29, 1.82) is 5.26 Å². The Kier molecular flexibility index (Phi) is 29.0. The molecule has 0 saturated carbocycles. The van der Waals surface area contributed by atoms with Crippen LogP contribution in [0.4, 0.5) is 10.5 Å². The maximum Gasteiger partial charge on any atom is 0.410 e. The highest BCUT2D eigenvalue weighted by molar-refractivity contribution is 7.90. The number of sulfone groups is 1. The average Bonchev–Trinajstić information content (AvgIpc) is 1.96. The Morgan fingerprint density at radius 3 is 2.01 bits per heavy atom. The van der Waals surface area contributed by atoms with Crippen LogP contribution < -0.4 is 31.9 Å². The molecule has 2 aromatic carbocycles. The molecule has 2 heterocycles. The number of ether oxygens (including phenoxy) is 3. The number of aliphatic hydroxyl groups is 1. The van der Waals surface area contributed by atoms with Crippen molar-refractivity contribution < 1.29 is 70.9 Å². The zero-order chi connectivity index (χ0) is 68.2. The molecule has 12 atom stereocenters. The van der Waals surface area contributed by atoms with E-state index in [2.05, 4.69) is 36.9 Å². The topological polar surface area (TPSA) is 354 Å². The molecule has 1 aromatic heterocycles. The smallest absolute Gasteiger partial charge is 0.410 e. The van der Waals surface area contributed by atoms with Crippen molar-refractivity contribution in [3.63, 3.8) is 0 Å². The minimum absolute atomic E-state index is 0.0917. The fourth-order valence-electron chi connectivity index (χ4n) is 11.0. The van der Waals surface area contributed by atoms with Gasteiger partial charge >= 0.3 is 6.09 Å². The van der Waals surface area contributed by atoms with Crippen LogP contribution >= 0.6 is 0 Å². The SMILES string of the molecule is CC[C@H](C)[C@@H]([C@@H](CC(=O)N1CCC[C@H]1[C@H](OC)[C@@H](C)C(=O)N[C@H](C)[C@@H](O)c1ccccc1)OC)N(C)C(=O)[C@@H](NC(=O)[C@H](C(C)C)N(C)C(=O)OCc1ccc(NC(=O)[C@H](C)NC(=O)[C@H](C)NC(=O)CCNC(=O)c2cnc(S(C)(=O)=O)c(C#N)c2)cc1)C(C)C. The summed E-state index contributed by atoms with van der Waals surface area (Å²) in [5.74, 6) is -5.88. The normalized spacial score (nSPS) is 16.8. The first-order valence-corrected chi connectivity index (χ1v) is 32.4. The summed E-state index contributed by atoms with van der Waals surface area (Å²) in [6.45, 7) is 17.4. The van der Waals surface area contributed by atoms with E-state index in [-0.39, 0.29) is 54.9 Å². The number of hydrogen-bond acceptors (Lipinski definition) is 17. The van der Waals surface area contributed by atoms with Crippen molar-refractivity contribution in [1.82, 2.24) is 46.3 Å². The van der Waals surface area contributed by atoms with E-state index in [9.17, 15) is 61.9 Å². The van der Waals surface area contributed by atoms with E-state index >= 15 is 0 Å². The molecule has 9 amide bonds. The number of aliphatic hydroxyl groups excluding tert-OH is 1. The Bertz CT molecular complexity index is 3160. The summed E-state index contributed by atoms with van der Waals surface area (Å²) in [6.07, 6.45) is 0.220. The van der Waals surface area contributed by atoms with Crippen molar-refractivity contribution >= 4 is 68.9 Å². The van der Waals surface area contributed by atoms with Gasteiger partial charge in [0.2, 0.25) is 41.4 Å². The molecule has 0 unspecified atom stereocenters. The molecule has 1 aliphatic rings. The molecule has 0 aliphatic carbocycles. The van der Waals surface area contributed by atoms with E-state index < -0.39 is 135 Å². The number of pyridine rings is 1. The van der Waals surface area contributed by atoms with Crippen molar-refractivity contribution in [3.8, 4) is 6.07 Å². The number of nitrogens with zero attached hydrogens (tertiary/aromatic N) is 5. The minimum atomic E-state index is -3.81. The standard InChI is InChI=1S/C64H93N11O15S/c1-16-38(6)54(49(88-13)32-51(77)75-30-20-23-48(75)56(89-14)39(7)57(79)69-40(8)55(78)44-21-18-17-19-22-44)73(11)63(84)52(36(2)3)72-61(83)53(37(4)5)74(12)64(85)90-35-43-24-26-47(27-25-43)71-59(81)42(10)70-58(80)41(9)68-50(76)28-29-66-60(82)46-31-45(33-65)62(67-34-46)91(15,86)87/h17-19,21-22,24-27,31,34,36-42,48-49,52-56,78H,16,20,23,28-30,32,35H2,1-15H3,(H,66,82)(H,68,76)(H,69,79)(H,70,80)(H,71,81)(H,72,83)/t38-,39+,40+,41-,42-,48-,49+,52-,53-,54-,55+,56+/m0/s1. The summed E-state index contributed by atoms with van der Waals surface area (Å²) in [5, 5.41) is 35.8. The molecule has 0 radical (unpaired) electrons. The molecule has 7 N–H and O–H groups in total.